The molecule has 0 saturated heterocycles. The number of anilines is 1. The molecule has 4 N–H and O–H groups in total. The van der Waals surface area contributed by atoms with Gasteiger partial charge in [-0.2, -0.15) is 0 Å². The zero-order valence-corrected chi connectivity index (χ0v) is 10.4. The van der Waals surface area contributed by atoms with Crippen molar-refractivity contribution in [3.05, 3.63) is 23.9 Å². The molecule has 0 aliphatic carbocycles. The molecule has 1 aromatic rings. The van der Waals surface area contributed by atoms with Crippen LogP contribution in [0.2, 0.25) is 0 Å². The number of carbonyl (C=O) groups is 1. The predicted octanol–water partition coefficient (Wildman–Crippen LogP) is 0.875. The van der Waals surface area contributed by atoms with Gasteiger partial charge in [0.25, 0.3) is 0 Å². The van der Waals surface area contributed by atoms with Crippen molar-refractivity contribution in [2.24, 2.45) is 5.73 Å². The molecule has 1 aromatic heterocycles. The summed E-state index contributed by atoms with van der Waals surface area (Å²) in [5.74, 6) is 0.00627. The van der Waals surface area contributed by atoms with Crippen LogP contribution in [0, 0.1) is 0 Å². The van der Waals surface area contributed by atoms with Gasteiger partial charge < -0.3 is 16.2 Å². The van der Waals surface area contributed by atoms with Gasteiger partial charge in [-0.3, -0.25) is 4.79 Å². The van der Waals surface area contributed by atoms with Gasteiger partial charge >= 0.3 is 5.97 Å². The highest BCUT2D eigenvalue weighted by molar-refractivity contribution is 5.76. The maximum absolute atomic E-state index is 11.7. The van der Waals surface area contributed by atoms with Gasteiger partial charge in [-0.05, 0) is 44.9 Å². The number of esters is 1. The second-order valence-corrected chi connectivity index (χ2v) is 4.93. The van der Waals surface area contributed by atoms with Gasteiger partial charge in [0.05, 0.1) is 0 Å². The highest BCUT2D eigenvalue weighted by Crippen LogP contribution is 2.11. The van der Waals surface area contributed by atoms with Crippen LogP contribution in [0.25, 0.3) is 0 Å². The van der Waals surface area contributed by atoms with Gasteiger partial charge in [-0.1, -0.05) is 0 Å². The van der Waals surface area contributed by atoms with Crippen LogP contribution in [0.15, 0.2) is 18.3 Å². The van der Waals surface area contributed by atoms with Crippen LogP contribution < -0.4 is 11.5 Å². The Morgan fingerprint density at radius 1 is 1.53 bits per heavy atom. The van der Waals surface area contributed by atoms with E-state index in [4.69, 9.17) is 16.2 Å². The molecule has 1 unspecified atom stereocenters. The van der Waals surface area contributed by atoms with Crippen LogP contribution in [-0.2, 0) is 16.0 Å². The summed E-state index contributed by atoms with van der Waals surface area (Å²) in [4.78, 5) is 15.5. The lowest BCUT2D eigenvalue weighted by molar-refractivity contribution is -0.156. The summed E-state index contributed by atoms with van der Waals surface area (Å²) in [6, 6.07) is 2.79. The number of aromatic nitrogens is 1. The molecule has 1 atom stereocenters. The molecule has 0 amide bonds. The van der Waals surface area contributed by atoms with Crippen LogP contribution in [0.3, 0.4) is 0 Å². The smallest absolute Gasteiger partial charge is 0.323 e. The van der Waals surface area contributed by atoms with Crippen molar-refractivity contribution in [2.75, 3.05) is 5.73 Å². The zero-order chi connectivity index (χ0) is 13.1. The van der Waals surface area contributed by atoms with Gasteiger partial charge in [0.2, 0.25) is 0 Å². The molecule has 0 bridgehead atoms. The Balaban J connectivity index is 2.60. The van der Waals surface area contributed by atoms with E-state index in [1.807, 2.05) is 20.8 Å². The average molecular weight is 237 g/mol. The molecule has 94 valence electrons. The molecule has 0 aliphatic rings. The van der Waals surface area contributed by atoms with E-state index >= 15 is 0 Å². The van der Waals surface area contributed by atoms with Crippen LogP contribution in [0.5, 0.6) is 0 Å². The molecular formula is C12H19N3O2. The minimum Gasteiger partial charge on any atom is -0.459 e. The molecule has 0 radical (unpaired) electrons. The summed E-state index contributed by atoms with van der Waals surface area (Å²) in [5, 5.41) is 0. The summed E-state index contributed by atoms with van der Waals surface area (Å²) < 4.78 is 5.19. The lowest BCUT2D eigenvalue weighted by atomic mass is 10.1. The fraction of sp³-hybridized carbons (Fsp3) is 0.500. The third-order valence-electron chi connectivity index (χ3n) is 2.01. The van der Waals surface area contributed by atoms with Crippen LogP contribution in [0.1, 0.15) is 26.3 Å². The molecular weight excluding hydrogens is 218 g/mol. The zero-order valence-electron chi connectivity index (χ0n) is 10.4. The van der Waals surface area contributed by atoms with Crippen molar-refractivity contribution in [1.82, 2.24) is 4.98 Å². The Morgan fingerprint density at radius 3 is 2.71 bits per heavy atom. The highest BCUT2D eigenvalue weighted by Gasteiger charge is 2.22. The lowest BCUT2D eigenvalue weighted by Gasteiger charge is -2.22. The molecule has 5 heteroatoms. The number of nitrogens with zero attached hydrogens (tertiary/aromatic N) is 1. The van der Waals surface area contributed by atoms with Crippen molar-refractivity contribution < 1.29 is 9.53 Å². The SMILES string of the molecule is CC(C)(C)OC(=O)C(N)Cc1ccnc(N)c1. The lowest BCUT2D eigenvalue weighted by Crippen LogP contribution is -2.38. The first-order chi connectivity index (χ1) is 7.78. The average Bonchev–Trinajstić information content (AvgIpc) is 2.14. The largest absolute Gasteiger partial charge is 0.459 e. The van der Waals surface area contributed by atoms with Gasteiger partial charge in [0.15, 0.2) is 0 Å². The topological polar surface area (TPSA) is 91.2 Å². The third kappa shape index (κ3) is 4.82. The number of pyridine rings is 1. The van der Waals surface area contributed by atoms with E-state index < -0.39 is 17.6 Å². The first-order valence-electron chi connectivity index (χ1n) is 5.47. The number of rotatable bonds is 3. The molecule has 0 fully saturated rings. The van der Waals surface area contributed by atoms with Gasteiger partial charge in [0, 0.05) is 6.20 Å². The normalized spacial score (nSPS) is 13.2. The Hall–Kier alpha value is -1.62. The summed E-state index contributed by atoms with van der Waals surface area (Å²) in [6.45, 7) is 5.42. The van der Waals surface area contributed by atoms with Crippen molar-refractivity contribution in [3.8, 4) is 0 Å². The molecule has 5 nitrogen and oxygen atoms in total. The van der Waals surface area contributed by atoms with E-state index in [0.29, 0.717) is 12.2 Å². The number of ether oxygens (including phenoxy) is 1. The highest BCUT2D eigenvalue weighted by atomic mass is 16.6. The summed E-state index contributed by atoms with van der Waals surface area (Å²) >= 11 is 0. The molecule has 1 rings (SSSR count). The van der Waals surface area contributed by atoms with E-state index in [0.717, 1.165) is 5.56 Å². The fourth-order valence-corrected chi connectivity index (χ4v) is 1.34. The molecule has 1 heterocycles. The quantitative estimate of drug-likeness (QED) is 0.761. The van der Waals surface area contributed by atoms with Crippen LogP contribution >= 0.6 is 0 Å². The number of hydrogen-bond donors (Lipinski definition) is 2. The maximum Gasteiger partial charge on any atom is 0.323 e. The minimum atomic E-state index is -0.684. The van der Waals surface area contributed by atoms with E-state index in [1.165, 1.54) is 0 Å². The predicted molar refractivity (Wildman–Crippen MR) is 66.2 cm³/mol. The monoisotopic (exact) mass is 237 g/mol. The van der Waals surface area contributed by atoms with Crippen LogP contribution in [0.4, 0.5) is 5.82 Å². The van der Waals surface area contributed by atoms with Gasteiger partial charge in [0.1, 0.15) is 17.5 Å². The number of nitrogens with two attached hydrogens (primary N) is 2. The number of nitrogen functional groups attached to an aromatic ring is 1. The van der Waals surface area contributed by atoms with Crippen LogP contribution in [-0.4, -0.2) is 22.6 Å². The Kier molecular flexibility index (Phi) is 4.07. The molecule has 0 spiro atoms. The fourth-order valence-electron chi connectivity index (χ4n) is 1.34. The Labute approximate surface area is 101 Å². The van der Waals surface area contributed by atoms with E-state index in [-0.39, 0.29) is 0 Å². The van der Waals surface area contributed by atoms with Crippen molar-refractivity contribution in [1.29, 1.82) is 0 Å². The second kappa shape index (κ2) is 5.14. The van der Waals surface area contributed by atoms with E-state index in [1.54, 1.807) is 18.3 Å². The maximum atomic E-state index is 11.7. The molecule has 17 heavy (non-hydrogen) atoms. The molecule has 0 saturated carbocycles. The standard InChI is InChI=1S/C12H19N3O2/c1-12(2,3)17-11(16)9(13)6-8-4-5-15-10(14)7-8/h4-5,7,9H,6,13H2,1-3H3,(H2,14,15). The Morgan fingerprint density at radius 2 is 2.18 bits per heavy atom. The van der Waals surface area contributed by atoms with Crippen molar-refractivity contribution >= 4 is 11.8 Å². The Bertz CT molecular complexity index is 399. The first-order valence-corrected chi connectivity index (χ1v) is 5.47. The van der Waals surface area contributed by atoms with Crippen molar-refractivity contribution in [3.63, 3.8) is 0 Å². The summed E-state index contributed by atoms with van der Waals surface area (Å²) in [7, 11) is 0. The number of carbonyl (C=O) groups excluding carboxylic acids is 1. The van der Waals surface area contributed by atoms with E-state index in [2.05, 4.69) is 4.98 Å². The van der Waals surface area contributed by atoms with Gasteiger partial charge in [-0.15, -0.1) is 0 Å². The van der Waals surface area contributed by atoms with Crippen molar-refractivity contribution in [2.45, 2.75) is 38.8 Å². The summed E-state index contributed by atoms with van der Waals surface area (Å²) in [6.07, 6.45) is 1.98. The molecule has 0 aromatic carbocycles. The molecule has 0 aliphatic heterocycles. The second-order valence-electron chi connectivity index (χ2n) is 4.93. The van der Waals surface area contributed by atoms with Gasteiger partial charge in [-0.25, -0.2) is 4.98 Å². The third-order valence-corrected chi connectivity index (χ3v) is 2.01. The van der Waals surface area contributed by atoms with E-state index in [9.17, 15) is 4.79 Å². The minimum absolute atomic E-state index is 0.391. The summed E-state index contributed by atoms with van der Waals surface area (Å²) in [5.41, 5.74) is 11.7. The number of hydrogen-bond acceptors (Lipinski definition) is 5. The first kappa shape index (κ1) is 13.4.